The lowest BCUT2D eigenvalue weighted by molar-refractivity contribution is 1.46. The van der Waals surface area contributed by atoms with Gasteiger partial charge in [-0.1, -0.05) is 11.3 Å². The van der Waals surface area contributed by atoms with Crippen LogP contribution in [0, 0.1) is 11.3 Å². The van der Waals surface area contributed by atoms with Gasteiger partial charge in [-0.05, 0) is 18.2 Å². The number of hydrogen-bond acceptors (Lipinski definition) is 4. The molecule has 0 saturated carbocycles. The first-order valence-electron chi connectivity index (χ1n) is 3.36. The third kappa shape index (κ3) is 1.00. The van der Waals surface area contributed by atoms with Gasteiger partial charge in [-0.25, -0.2) is 4.98 Å². The van der Waals surface area contributed by atoms with Crippen molar-refractivity contribution in [1.82, 2.24) is 4.98 Å². The SMILES string of the molecule is N#Cc1ccc2sc(N)nc2c1. The van der Waals surface area contributed by atoms with E-state index in [1.807, 2.05) is 6.07 Å². The van der Waals surface area contributed by atoms with E-state index in [4.69, 9.17) is 11.0 Å². The Balaban J connectivity index is 2.77. The smallest absolute Gasteiger partial charge is 0.181 e. The quantitative estimate of drug-likeness (QED) is 0.663. The van der Waals surface area contributed by atoms with Gasteiger partial charge in [0.05, 0.1) is 21.8 Å². The fourth-order valence-electron chi connectivity index (χ4n) is 1.01. The molecule has 1 aromatic heterocycles. The molecule has 2 N–H and O–H groups in total. The van der Waals surface area contributed by atoms with Gasteiger partial charge in [0.15, 0.2) is 5.13 Å². The van der Waals surface area contributed by atoms with Crippen molar-refractivity contribution in [3.8, 4) is 6.07 Å². The van der Waals surface area contributed by atoms with E-state index in [0.717, 1.165) is 10.2 Å². The topological polar surface area (TPSA) is 62.7 Å². The molecule has 0 aliphatic carbocycles. The Hall–Kier alpha value is -1.60. The zero-order valence-electron chi connectivity index (χ0n) is 6.11. The van der Waals surface area contributed by atoms with E-state index in [9.17, 15) is 0 Å². The lowest BCUT2D eigenvalue weighted by atomic mass is 10.2. The second kappa shape index (κ2) is 2.47. The molecule has 2 rings (SSSR count). The Labute approximate surface area is 73.1 Å². The van der Waals surface area contributed by atoms with Crippen molar-refractivity contribution in [3.05, 3.63) is 23.8 Å². The number of nitriles is 1. The fraction of sp³-hybridized carbons (Fsp3) is 0. The molecule has 4 heteroatoms. The lowest BCUT2D eigenvalue weighted by Gasteiger charge is -1.86. The van der Waals surface area contributed by atoms with Crippen LogP contribution in [0.4, 0.5) is 5.13 Å². The number of nitrogens with zero attached hydrogens (tertiary/aromatic N) is 2. The summed E-state index contributed by atoms with van der Waals surface area (Å²) >= 11 is 1.43. The number of nitrogens with two attached hydrogens (primary N) is 1. The summed E-state index contributed by atoms with van der Waals surface area (Å²) in [5.41, 5.74) is 6.93. The summed E-state index contributed by atoms with van der Waals surface area (Å²) in [5.74, 6) is 0. The second-order valence-electron chi connectivity index (χ2n) is 2.35. The summed E-state index contributed by atoms with van der Waals surface area (Å²) in [6.45, 7) is 0. The molecule has 2 aromatic rings. The third-order valence-electron chi connectivity index (χ3n) is 1.53. The second-order valence-corrected chi connectivity index (χ2v) is 3.41. The Morgan fingerprint density at radius 1 is 1.50 bits per heavy atom. The molecule has 12 heavy (non-hydrogen) atoms. The maximum absolute atomic E-state index is 8.60. The van der Waals surface area contributed by atoms with Crippen LogP contribution in [0.2, 0.25) is 0 Å². The van der Waals surface area contributed by atoms with E-state index < -0.39 is 0 Å². The number of fused-ring (bicyclic) bond motifs is 1. The first-order chi connectivity index (χ1) is 5.79. The van der Waals surface area contributed by atoms with Crippen LogP contribution in [0.3, 0.4) is 0 Å². The van der Waals surface area contributed by atoms with E-state index in [-0.39, 0.29) is 0 Å². The molecule has 0 unspecified atom stereocenters. The molecule has 0 atom stereocenters. The predicted octanol–water partition coefficient (Wildman–Crippen LogP) is 1.75. The van der Waals surface area contributed by atoms with Crippen LogP contribution in [0.1, 0.15) is 5.56 Å². The standard InChI is InChI=1S/C8H5N3S/c9-4-5-1-2-7-6(3-5)11-8(10)12-7/h1-3H,(H2,10,11). The van der Waals surface area contributed by atoms with Crippen LogP contribution in [-0.2, 0) is 0 Å². The summed E-state index contributed by atoms with van der Waals surface area (Å²) in [4.78, 5) is 4.07. The normalized spacial score (nSPS) is 9.92. The van der Waals surface area contributed by atoms with Gasteiger partial charge in [-0.3, -0.25) is 0 Å². The molecule has 0 aliphatic heterocycles. The Morgan fingerprint density at radius 3 is 3.08 bits per heavy atom. The van der Waals surface area contributed by atoms with Crippen LogP contribution >= 0.6 is 11.3 Å². The van der Waals surface area contributed by atoms with E-state index >= 15 is 0 Å². The van der Waals surface area contributed by atoms with Crippen molar-refractivity contribution in [2.75, 3.05) is 5.73 Å². The molecule has 0 fully saturated rings. The van der Waals surface area contributed by atoms with E-state index in [1.54, 1.807) is 12.1 Å². The van der Waals surface area contributed by atoms with Gasteiger partial charge in [-0.2, -0.15) is 5.26 Å². The van der Waals surface area contributed by atoms with Gasteiger partial charge in [0.2, 0.25) is 0 Å². The van der Waals surface area contributed by atoms with Crippen LogP contribution in [0.5, 0.6) is 0 Å². The predicted molar refractivity (Wildman–Crippen MR) is 48.7 cm³/mol. The minimum atomic E-state index is 0.542. The third-order valence-corrected chi connectivity index (χ3v) is 2.40. The first-order valence-corrected chi connectivity index (χ1v) is 4.17. The molecule has 0 bridgehead atoms. The molecular formula is C8H5N3S. The highest BCUT2D eigenvalue weighted by atomic mass is 32.1. The highest BCUT2D eigenvalue weighted by molar-refractivity contribution is 7.22. The van der Waals surface area contributed by atoms with Crippen molar-refractivity contribution in [2.45, 2.75) is 0 Å². The number of hydrogen-bond donors (Lipinski definition) is 1. The molecule has 58 valence electrons. The van der Waals surface area contributed by atoms with Crippen molar-refractivity contribution in [2.24, 2.45) is 0 Å². The number of aromatic nitrogens is 1. The zero-order valence-corrected chi connectivity index (χ0v) is 6.93. The van der Waals surface area contributed by atoms with Gasteiger partial charge in [0.1, 0.15) is 0 Å². The van der Waals surface area contributed by atoms with Crippen LogP contribution in [-0.4, -0.2) is 4.98 Å². The number of thiazole rings is 1. The van der Waals surface area contributed by atoms with Crippen LogP contribution in [0.25, 0.3) is 10.2 Å². The largest absolute Gasteiger partial charge is 0.375 e. The van der Waals surface area contributed by atoms with E-state index in [0.29, 0.717) is 10.7 Å². The summed E-state index contributed by atoms with van der Waals surface area (Å²) < 4.78 is 1.02. The average Bonchev–Trinajstić information content (AvgIpc) is 2.43. The van der Waals surface area contributed by atoms with Crippen molar-refractivity contribution in [3.63, 3.8) is 0 Å². The van der Waals surface area contributed by atoms with Gasteiger partial charge in [0, 0.05) is 0 Å². The fourth-order valence-corrected chi connectivity index (χ4v) is 1.73. The van der Waals surface area contributed by atoms with E-state index in [1.165, 1.54) is 11.3 Å². The highest BCUT2D eigenvalue weighted by Crippen LogP contribution is 2.23. The van der Waals surface area contributed by atoms with Gasteiger partial charge >= 0.3 is 0 Å². The van der Waals surface area contributed by atoms with Crippen LogP contribution in [0.15, 0.2) is 18.2 Å². The average molecular weight is 175 g/mol. The molecule has 1 heterocycles. The Morgan fingerprint density at radius 2 is 2.33 bits per heavy atom. The Kier molecular flexibility index (Phi) is 1.45. The highest BCUT2D eigenvalue weighted by Gasteiger charge is 2.00. The molecule has 1 aromatic carbocycles. The van der Waals surface area contributed by atoms with Crippen LogP contribution < -0.4 is 5.73 Å². The van der Waals surface area contributed by atoms with Crippen molar-refractivity contribution in [1.29, 1.82) is 5.26 Å². The minimum Gasteiger partial charge on any atom is -0.375 e. The maximum atomic E-state index is 8.60. The number of rotatable bonds is 0. The monoisotopic (exact) mass is 175 g/mol. The summed E-state index contributed by atoms with van der Waals surface area (Å²) in [6, 6.07) is 7.42. The molecule has 0 saturated heterocycles. The maximum Gasteiger partial charge on any atom is 0.181 e. The molecule has 0 aliphatic rings. The number of anilines is 1. The summed E-state index contributed by atoms with van der Waals surface area (Å²) in [5, 5.41) is 9.14. The minimum absolute atomic E-state index is 0.542. The Bertz CT molecular complexity index is 467. The molecule has 3 nitrogen and oxygen atoms in total. The molecule has 0 amide bonds. The zero-order chi connectivity index (χ0) is 8.55. The van der Waals surface area contributed by atoms with Gasteiger partial charge in [-0.15, -0.1) is 0 Å². The molecule has 0 radical (unpaired) electrons. The summed E-state index contributed by atoms with van der Waals surface area (Å²) in [6.07, 6.45) is 0. The van der Waals surface area contributed by atoms with E-state index in [2.05, 4.69) is 11.1 Å². The van der Waals surface area contributed by atoms with Gasteiger partial charge < -0.3 is 5.73 Å². The molecule has 0 spiro atoms. The number of nitrogen functional groups attached to an aromatic ring is 1. The van der Waals surface area contributed by atoms with Gasteiger partial charge in [0.25, 0.3) is 0 Å². The number of benzene rings is 1. The first kappa shape index (κ1) is 7.07. The summed E-state index contributed by atoms with van der Waals surface area (Å²) in [7, 11) is 0. The lowest BCUT2D eigenvalue weighted by Crippen LogP contribution is -1.79. The van der Waals surface area contributed by atoms with Crippen molar-refractivity contribution >= 4 is 26.7 Å². The van der Waals surface area contributed by atoms with Crippen molar-refractivity contribution < 1.29 is 0 Å². The molecular weight excluding hydrogens is 170 g/mol.